The number of anilines is 1. The monoisotopic (exact) mass is 311 g/mol. The number of aryl methyl sites for hydroxylation is 1. The summed E-state index contributed by atoms with van der Waals surface area (Å²) in [4.78, 5) is 3.94. The predicted molar refractivity (Wildman–Crippen MR) is 79.1 cm³/mol. The van der Waals surface area contributed by atoms with Crippen LogP contribution in [-0.2, 0) is 16.6 Å². The van der Waals surface area contributed by atoms with Crippen LogP contribution < -0.4 is 10.5 Å². The highest BCUT2D eigenvalue weighted by Gasteiger charge is 2.18. The molecule has 1 aromatic carbocycles. The normalized spacial score (nSPS) is 11.3. The largest absolute Gasteiger partial charge is 0.326 e. The van der Waals surface area contributed by atoms with Crippen LogP contribution in [0.5, 0.6) is 0 Å². The molecule has 0 fully saturated rings. The number of nitrogens with two attached hydrogens (primary N) is 1. The fourth-order valence-electron chi connectivity index (χ4n) is 1.70. The molecule has 1 heterocycles. The Labute approximate surface area is 122 Å². The van der Waals surface area contributed by atoms with Crippen LogP contribution in [0.4, 0.5) is 5.69 Å². The van der Waals surface area contributed by atoms with Gasteiger partial charge in [0.25, 0.3) is 10.0 Å². The maximum atomic E-state index is 12.3. The summed E-state index contributed by atoms with van der Waals surface area (Å²) in [6, 6.07) is 6.36. The Hall–Kier alpha value is -1.63. The number of halogens is 1. The maximum absolute atomic E-state index is 12.3. The zero-order chi connectivity index (χ0) is 14.8. The maximum Gasteiger partial charge on any atom is 0.263 e. The van der Waals surface area contributed by atoms with E-state index in [9.17, 15) is 8.42 Å². The van der Waals surface area contributed by atoms with Gasteiger partial charge in [-0.2, -0.15) is 0 Å². The molecule has 0 amide bonds. The van der Waals surface area contributed by atoms with Crippen LogP contribution in [0.25, 0.3) is 0 Å². The van der Waals surface area contributed by atoms with Gasteiger partial charge in [-0.15, -0.1) is 0 Å². The average molecular weight is 312 g/mol. The topological polar surface area (TPSA) is 85.1 Å². The molecule has 0 unspecified atom stereocenters. The van der Waals surface area contributed by atoms with Crippen LogP contribution in [-0.4, -0.2) is 13.4 Å². The number of benzene rings is 1. The number of nitrogens with one attached hydrogen (secondary N) is 1. The van der Waals surface area contributed by atoms with Crippen molar-refractivity contribution < 1.29 is 8.42 Å². The van der Waals surface area contributed by atoms with E-state index in [1.807, 2.05) is 6.92 Å². The number of sulfonamides is 1. The summed E-state index contributed by atoms with van der Waals surface area (Å²) >= 11 is 5.96. The lowest BCUT2D eigenvalue weighted by molar-refractivity contribution is 0.601. The van der Waals surface area contributed by atoms with Crippen molar-refractivity contribution in [3.05, 3.63) is 52.8 Å². The van der Waals surface area contributed by atoms with E-state index in [-0.39, 0.29) is 16.5 Å². The molecule has 0 radical (unpaired) electrons. The first-order valence-corrected chi connectivity index (χ1v) is 7.71. The first kappa shape index (κ1) is 14.8. The van der Waals surface area contributed by atoms with Gasteiger partial charge in [-0.1, -0.05) is 17.7 Å². The van der Waals surface area contributed by atoms with Crippen molar-refractivity contribution in [2.24, 2.45) is 5.73 Å². The smallest absolute Gasteiger partial charge is 0.263 e. The Balaban J connectivity index is 2.40. The van der Waals surface area contributed by atoms with Crippen LogP contribution >= 0.6 is 11.6 Å². The van der Waals surface area contributed by atoms with Crippen LogP contribution in [0.3, 0.4) is 0 Å². The first-order chi connectivity index (χ1) is 9.42. The van der Waals surface area contributed by atoms with Crippen molar-refractivity contribution in [3.8, 4) is 0 Å². The van der Waals surface area contributed by atoms with E-state index < -0.39 is 10.0 Å². The van der Waals surface area contributed by atoms with Gasteiger partial charge in [0.15, 0.2) is 0 Å². The van der Waals surface area contributed by atoms with E-state index in [4.69, 9.17) is 17.3 Å². The summed E-state index contributed by atoms with van der Waals surface area (Å²) in [5, 5.41) is 0.148. The molecule has 5 nitrogen and oxygen atoms in total. The van der Waals surface area contributed by atoms with Crippen molar-refractivity contribution >= 4 is 27.3 Å². The van der Waals surface area contributed by atoms with Gasteiger partial charge in [0.05, 0.1) is 16.9 Å². The third kappa shape index (κ3) is 3.27. The van der Waals surface area contributed by atoms with Crippen molar-refractivity contribution in [2.45, 2.75) is 18.4 Å². The van der Waals surface area contributed by atoms with E-state index in [1.54, 1.807) is 18.3 Å². The van der Waals surface area contributed by atoms with E-state index in [0.29, 0.717) is 11.3 Å². The van der Waals surface area contributed by atoms with Crippen molar-refractivity contribution in [3.63, 3.8) is 0 Å². The molecule has 0 saturated heterocycles. The highest BCUT2D eigenvalue weighted by atomic mass is 35.5. The van der Waals surface area contributed by atoms with E-state index in [2.05, 4.69) is 9.71 Å². The van der Waals surface area contributed by atoms with Crippen LogP contribution in [0.15, 0.2) is 41.6 Å². The number of nitrogens with zero attached hydrogens (tertiary/aromatic N) is 1. The second kappa shape index (κ2) is 5.78. The number of hydrogen-bond acceptors (Lipinski definition) is 4. The Kier molecular flexibility index (Phi) is 4.27. The molecule has 1 aromatic heterocycles. The van der Waals surface area contributed by atoms with Gasteiger partial charge < -0.3 is 5.73 Å². The fourth-order valence-corrected chi connectivity index (χ4v) is 3.29. The molecule has 2 aromatic rings. The van der Waals surface area contributed by atoms with Gasteiger partial charge in [0.1, 0.15) is 4.90 Å². The number of hydrogen-bond donors (Lipinski definition) is 2. The number of aromatic nitrogens is 1. The Morgan fingerprint density at radius 3 is 2.70 bits per heavy atom. The zero-order valence-corrected chi connectivity index (χ0v) is 12.4. The first-order valence-electron chi connectivity index (χ1n) is 5.85. The van der Waals surface area contributed by atoms with Gasteiger partial charge in [-0.3, -0.25) is 9.71 Å². The fraction of sp³-hybridized carbons (Fsp3) is 0.154. The molecule has 0 aliphatic heterocycles. The number of pyridine rings is 1. The molecule has 0 atom stereocenters. The molecule has 2 rings (SSSR count). The lowest BCUT2D eigenvalue weighted by atomic mass is 10.2. The molecule has 0 aliphatic rings. The summed E-state index contributed by atoms with van der Waals surface area (Å²) in [5.41, 5.74) is 7.45. The molecule has 20 heavy (non-hydrogen) atoms. The Morgan fingerprint density at radius 1 is 1.30 bits per heavy atom. The molecule has 0 bridgehead atoms. The van der Waals surface area contributed by atoms with Crippen LogP contribution in [0, 0.1) is 6.92 Å². The molecule has 3 N–H and O–H groups in total. The lowest BCUT2D eigenvalue weighted by Gasteiger charge is -2.10. The predicted octanol–water partition coefficient (Wildman–Crippen LogP) is 2.30. The highest BCUT2D eigenvalue weighted by molar-refractivity contribution is 7.92. The standard InChI is InChI=1S/C13H14ClN3O2S/c1-9-4-11(8-16-7-9)17-20(18,19)13-5-10(6-15)2-3-12(13)14/h2-5,7-8,17H,6,15H2,1H3. The molecular weight excluding hydrogens is 298 g/mol. The van der Waals surface area contributed by atoms with Crippen LogP contribution in [0.2, 0.25) is 5.02 Å². The summed E-state index contributed by atoms with van der Waals surface area (Å²) in [6.45, 7) is 2.07. The second-order valence-corrected chi connectivity index (χ2v) is 6.38. The van der Waals surface area contributed by atoms with Gasteiger partial charge in [-0.25, -0.2) is 8.42 Å². The Morgan fingerprint density at radius 2 is 2.05 bits per heavy atom. The molecular formula is C13H14ClN3O2S. The quantitative estimate of drug-likeness (QED) is 0.907. The minimum Gasteiger partial charge on any atom is -0.326 e. The number of rotatable bonds is 4. The summed E-state index contributed by atoms with van der Waals surface area (Å²) < 4.78 is 27.1. The van der Waals surface area contributed by atoms with Crippen molar-refractivity contribution in [1.82, 2.24) is 4.98 Å². The molecule has 106 valence electrons. The van der Waals surface area contributed by atoms with E-state index >= 15 is 0 Å². The van der Waals surface area contributed by atoms with Gasteiger partial charge in [0.2, 0.25) is 0 Å². The SMILES string of the molecule is Cc1cncc(NS(=O)(=O)c2cc(CN)ccc2Cl)c1. The van der Waals surface area contributed by atoms with E-state index in [0.717, 1.165) is 5.56 Å². The average Bonchev–Trinajstić information content (AvgIpc) is 2.38. The third-order valence-electron chi connectivity index (χ3n) is 2.65. The van der Waals surface area contributed by atoms with Crippen LogP contribution in [0.1, 0.15) is 11.1 Å². The molecule has 7 heteroatoms. The third-order valence-corrected chi connectivity index (χ3v) is 4.51. The van der Waals surface area contributed by atoms with Gasteiger partial charge in [0, 0.05) is 12.7 Å². The van der Waals surface area contributed by atoms with Crippen molar-refractivity contribution in [1.29, 1.82) is 0 Å². The highest BCUT2D eigenvalue weighted by Crippen LogP contribution is 2.25. The minimum absolute atomic E-state index is 0.00335. The molecule has 0 spiro atoms. The summed E-state index contributed by atoms with van der Waals surface area (Å²) in [7, 11) is -3.77. The van der Waals surface area contributed by atoms with Gasteiger partial charge >= 0.3 is 0 Å². The lowest BCUT2D eigenvalue weighted by Crippen LogP contribution is -2.14. The van der Waals surface area contributed by atoms with Gasteiger partial charge in [-0.05, 0) is 36.2 Å². The molecule has 0 saturated carbocycles. The zero-order valence-electron chi connectivity index (χ0n) is 10.8. The second-order valence-electron chi connectivity index (χ2n) is 4.33. The van der Waals surface area contributed by atoms with E-state index in [1.165, 1.54) is 18.3 Å². The minimum atomic E-state index is -3.77. The summed E-state index contributed by atoms with van der Waals surface area (Å²) in [5.74, 6) is 0. The van der Waals surface area contributed by atoms with Crippen molar-refractivity contribution in [2.75, 3.05) is 4.72 Å². The Bertz CT molecular complexity index is 732. The molecule has 0 aliphatic carbocycles. The summed E-state index contributed by atoms with van der Waals surface area (Å²) in [6.07, 6.45) is 3.07.